The predicted octanol–water partition coefficient (Wildman–Crippen LogP) is 21.2. The number of phenols is 6. The number of aromatic carboxylic acids is 4. The molecule has 8 atom stereocenters. The van der Waals surface area contributed by atoms with Gasteiger partial charge in [0.1, 0.15) is 79.5 Å². The van der Waals surface area contributed by atoms with Crippen molar-refractivity contribution in [1.29, 1.82) is 0 Å². The highest BCUT2D eigenvalue weighted by atomic mass is 16.5. The molecule has 0 saturated carbocycles. The summed E-state index contributed by atoms with van der Waals surface area (Å²) in [6.07, 6.45) is 28.0. The van der Waals surface area contributed by atoms with Crippen LogP contribution in [0.15, 0.2) is 95.2 Å². The van der Waals surface area contributed by atoms with Gasteiger partial charge in [0.15, 0.2) is 0 Å². The lowest BCUT2D eigenvalue weighted by Gasteiger charge is -2.47. The lowest BCUT2D eigenvalue weighted by molar-refractivity contribution is 0.00901. The topological polar surface area (TPSA) is 289 Å². The van der Waals surface area contributed by atoms with Crippen molar-refractivity contribution in [3.05, 3.63) is 162 Å². The highest BCUT2D eigenvalue weighted by molar-refractivity contribution is 5.96. The van der Waals surface area contributed by atoms with E-state index in [4.69, 9.17) is 9.47 Å². The second-order valence-corrected chi connectivity index (χ2v) is 30.9. The average molecular weight is 1410 g/mol. The first-order valence-electron chi connectivity index (χ1n) is 37.3. The number of rotatable bonds is 22. The first-order chi connectivity index (χ1) is 48.1. The quantitative estimate of drug-likeness (QED) is 0.0258. The first-order valence-corrected chi connectivity index (χ1v) is 37.3. The Hall–Kier alpha value is -8.40. The number of unbranched alkanes of at least 4 members (excludes halogenated alkanes) is 6. The van der Waals surface area contributed by atoms with Gasteiger partial charge in [0.25, 0.3) is 0 Å². The van der Waals surface area contributed by atoms with Crippen LogP contribution in [0, 0.1) is 23.7 Å². The number of aromatic hydroxyl groups is 6. The van der Waals surface area contributed by atoms with Crippen molar-refractivity contribution >= 4 is 23.9 Å². The third-order valence-corrected chi connectivity index (χ3v) is 22.2. The van der Waals surface area contributed by atoms with Gasteiger partial charge in [-0.15, -0.1) is 0 Å². The maximum Gasteiger partial charge on any atom is 0.339 e. The summed E-state index contributed by atoms with van der Waals surface area (Å²) in [5.74, 6) is -3.83. The van der Waals surface area contributed by atoms with Crippen molar-refractivity contribution in [3.63, 3.8) is 0 Å². The van der Waals surface area contributed by atoms with Crippen LogP contribution in [-0.2, 0) is 25.7 Å². The van der Waals surface area contributed by atoms with Crippen LogP contribution >= 0.6 is 0 Å². The van der Waals surface area contributed by atoms with Crippen LogP contribution < -0.4 is 9.47 Å². The summed E-state index contributed by atoms with van der Waals surface area (Å²) in [5, 5.41) is 103. The molecule has 16 nitrogen and oxygen atoms in total. The van der Waals surface area contributed by atoms with Crippen molar-refractivity contribution in [2.24, 2.45) is 23.7 Å². The van der Waals surface area contributed by atoms with Crippen LogP contribution in [-0.4, -0.2) is 86.1 Å². The molecule has 0 fully saturated rings. The Morgan fingerprint density at radius 1 is 0.412 bits per heavy atom. The van der Waals surface area contributed by atoms with Crippen LogP contribution in [0.1, 0.15) is 322 Å². The van der Waals surface area contributed by atoms with E-state index in [2.05, 4.69) is 73.8 Å². The maximum absolute atomic E-state index is 12.1. The fourth-order valence-electron chi connectivity index (χ4n) is 16.8. The number of aryl methyl sites for hydroxylation is 4. The van der Waals surface area contributed by atoms with Gasteiger partial charge in [-0.25, -0.2) is 19.2 Å². The molecule has 0 unspecified atom stereocenters. The molecule has 102 heavy (non-hydrogen) atoms. The SMILES string of the molecule is C=C(C)[C@@H]1CCC(C)=C[C@H]1c1c(O)cc(CCC)c(C(=O)O)c1O.C=C(C)[C@@H]1CCC(C)=C[C@H]1c1c(O)cc(CCCCC)c(C(=O)O)c1O.CCCCCc1cc(O)c2c(c1C(=O)O)OC(C)(C)[C@@H]1CCC(C)=C[C@@H]21.CCCCCc1cc2c(c(O)c1C(=O)O)[C@@H]1C=C(C)CC[C@H]1C(C)(C)O2. The summed E-state index contributed by atoms with van der Waals surface area (Å²) in [6, 6.07) is 6.55. The van der Waals surface area contributed by atoms with Crippen LogP contribution in [0.25, 0.3) is 0 Å². The summed E-state index contributed by atoms with van der Waals surface area (Å²) >= 11 is 0. The van der Waals surface area contributed by atoms with Gasteiger partial charge in [-0.3, -0.25) is 0 Å². The number of ether oxygens (including phenoxy) is 2. The largest absolute Gasteiger partial charge is 0.507 e. The molecule has 0 amide bonds. The summed E-state index contributed by atoms with van der Waals surface area (Å²) in [7, 11) is 0. The molecule has 4 aliphatic carbocycles. The predicted molar refractivity (Wildman–Crippen MR) is 403 cm³/mol. The Morgan fingerprint density at radius 2 is 0.725 bits per heavy atom. The maximum atomic E-state index is 12.1. The number of carboxylic acid groups (broad SMARTS) is 4. The van der Waals surface area contributed by atoms with E-state index in [1.165, 1.54) is 34.4 Å². The molecule has 556 valence electrons. The normalized spacial score (nSPS) is 21.9. The van der Waals surface area contributed by atoms with Gasteiger partial charge in [-0.05, 0) is 224 Å². The van der Waals surface area contributed by atoms with Gasteiger partial charge in [0.05, 0.1) is 0 Å². The van der Waals surface area contributed by atoms with Crippen LogP contribution in [0.4, 0.5) is 0 Å². The number of carboxylic acids is 4. The van der Waals surface area contributed by atoms with E-state index in [0.29, 0.717) is 81.7 Å². The molecule has 10 N–H and O–H groups in total. The second kappa shape index (κ2) is 34.7. The van der Waals surface area contributed by atoms with Crippen LogP contribution in [0.2, 0.25) is 0 Å². The van der Waals surface area contributed by atoms with E-state index in [0.717, 1.165) is 127 Å². The van der Waals surface area contributed by atoms with Crippen molar-refractivity contribution in [1.82, 2.24) is 0 Å². The van der Waals surface area contributed by atoms with Gasteiger partial charge in [-0.2, -0.15) is 0 Å². The van der Waals surface area contributed by atoms with E-state index in [-0.39, 0.29) is 110 Å². The highest BCUT2D eigenvalue weighted by Crippen LogP contribution is 2.58. The fourth-order valence-corrected chi connectivity index (χ4v) is 16.8. The minimum Gasteiger partial charge on any atom is -0.507 e. The van der Waals surface area contributed by atoms with Crippen molar-refractivity contribution in [2.45, 2.75) is 273 Å². The smallest absolute Gasteiger partial charge is 0.339 e. The molecule has 6 aliphatic rings. The number of fused-ring (bicyclic) bond motifs is 6. The zero-order valence-electron chi connectivity index (χ0n) is 63.1. The molecule has 4 aromatic carbocycles. The molecule has 0 bridgehead atoms. The summed E-state index contributed by atoms with van der Waals surface area (Å²) < 4.78 is 12.6. The Morgan fingerprint density at radius 3 is 1.09 bits per heavy atom. The molecular formula is C86H116O16. The average Bonchev–Trinajstić information content (AvgIpc) is 0.741. The van der Waals surface area contributed by atoms with E-state index in [1.807, 2.05) is 66.7 Å². The van der Waals surface area contributed by atoms with Crippen molar-refractivity contribution in [3.8, 4) is 46.0 Å². The molecule has 10 rings (SSSR count). The Labute approximate surface area is 605 Å². The van der Waals surface area contributed by atoms with Crippen molar-refractivity contribution in [2.75, 3.05) is 0 Å². The molecule has 16 heteroatoms. The molecule has 0 saturated heterocycles. The number of allylic oxidation sites excluding steroid dienone is 10. The Bertz CT molecular complexity index is 3890. The second-order valence-electron chi connectivity index (χ2n) is 30.9. The number of hydrogen-bond donors (Lipinski definition) is 10. The summed E-state index contributed by atoms with van der Waals surface area (Å²) in [6.45, 7) is 36.7. The van der Waals surface area contributed by atoms with Crippen molar-refractivity contribution < 1.29 is 79.7 Å². The first kappa shape index (κ1) is 80.9. The fraction of sp³-hybridized carbons (Fsp3) is 0.535. The van der Waals surface area contributed by atoms with Gasteiger partial charge < -0.3 is 60.5 Å². The number of benzene rings is 4. The Balaban J connectivity index is 0.000000191. The van der Waals surface area contributed by atoms with Gasteiger partial charge in [-0.1, -0.05) is 144 Å². The molecule has 0 radical (unpaired) electrons. The minimum atomic E-state index is -1.17. The van der Waals surface area contributed by atoms with E-state index < -0.39 is 29.5 Å². The van der Waals surface area contributed by atoms with Gasteiger partial charge in [0, 0.05) is 57.8 Å². The lowest BCUT2D eigenvalue weighted by atomic mass is 9.67. The Kier molecular flexibility index (Phi) is 27.5. The molecule has 4 aromatic rings. The van der Waals surface area contributed by atoms with Crippen LogP contribution in [0.3, 0.4) is 0 Å². The highest BCUT2D eigenvalue weighted by Gasteiger charge is 2.49. The standard InChI is InChI=1S/3C22H30O4.C20H26O4/c1-5-6-7-8-14-12-17-19(20(23)18(14)21(24)25)15-11-13(2)9-10-16(15)22(3,4)26-17;1-5-6-7-8-14-12-17(23)19-15-11-13(2)9-10-16(15)22(3,4)26-20(19)18(14)21(24)25;1-5-6-7-8-15-12-18(23)20(21(24)19(15)22(25)26)17-11-14(4)9-10-16(17)13(2)3;1-5-6-13-10-16(21)18(19(22)17(13)20(23)24)15-9-12(4)7-8-14(15)11(2)3/h2*11-12,15-16,23H,5-10H2,1-4H3,(H,24,25);11-12,16-17,23-24H,2,5-10H2,1,3-4H3,(H,25,26);9-10,14-15,21-22H,2,5-8H2,1,3-4H3,(H,23,24)/t2*15-,16-;16-,17+;14-,15+/m1100/s1. The molecular weight excluding hydrogens is 1290 g/mol. The molecule has 2 heterocycles. The third-order valence-electron chi connectivity index (χ3n) is 22.2. The monoisotopic (exact) mass is 1400 g/mol. The van der Waals surface area contributed by atoms with E-state index in [1.54, 1.807) is 6.07 Å². The molecule has 0 aromatic heterocycles. The summed E-state index contributed by atoms with van der Waals surface area (Å²) in [5.41, 5.74) is 10.4. The van der Waals surface area contributed by atoms with E-state index in [9.17, 15) is 70.2 Å². The zero-order chi connectivity index (χ0) is 75.6. The lowest BCUT2D eigenvalue weighted by Crippen LogP contribution is -2.45. The molecule has 0 spiro atoms. The third kappa shape index (κ3) is 18.1. The van der Waals surface area contributed by atoms with Gasteiger partial charge in [0.2, 0.25) is 0 Å². The minimum absolute atomic E-state index is 0.00490. The number of carbonyl (C=O) groups is 4. The number of hydrogen-bond acceptors (Lipinski definition) is 12. The number of phenolic OH excluding ortho intramolecular Hbond substituents is 3. The molecule has 2 aliphatic heterocycles. The van der Waals surface area contributed by atoms with Crippen LogP contribution in [0.5, 0.6) is 46.0 Å². The van der Waals surface area contributed by atoms with E-state index >= 15 is 0 Å². The zero-order valence-corrected chi connectivity index (χ0v) is 63.1. The summed E-state index contributed by atoms with van der Waals surface area (Å²) in [4.78, 5) is 47.5. The van der Waals surface area contributed by atoms with Gasteiger partial charge >= 0.3 is 23.9 Å².